The van der Waals surface area contributed by atoms with Gasteiger partial charge in [0.15, 0.2) is 0 Å². The van der Waals surface area contributed by atoms with Gasteiger partial charge in [-0.15, -0.1) is 0 Å². The summed E-state index contributed by atoms with van der Waals surface area (Å²) in [7, 11) is 1.96. The predicted molar refractivity (Wildman–Crippen MR) is 56.2 cm³/mol. The average Bonchev–Trinajstić information content (AvgIpc) is 2.56. The molecule has 1 rings (SSSR count). The van der Waals surface area contributed by atoms with Crippen molar-refractivity contribution >= 4 is 5.97 Å². The quantitative estimate of drug-likeness (QED) is 0.683. The molecule has 0 aromatic carbocycles. The molecule has 0 aliphatic heterocycles. The van der Waals surface area contributed by atoms with Crippen LogP contribution >= 0.6 is 0 Å². The maximum absolute atomic E-state index is 10.5. The number of carboxylic acid groups (broad SMARTS) is 1. The minimum atomic E-state index is -0.886. The van der Waals surface area contributed by atoms with Crippen LogP contribution in [-0.2, 0) is 4.79 Å². The standard InChI is InChI=1S/C11H19NO2/c1-9(11(13)14)7-12(2)8-10-5-3-4-6-10/h10H,1,3-8H2,2H3,(H,13,14). The molecule has 1 aliphatic carbocycles. The molecule has 0 saturated heterocycles. The van der Waals surface area contributed by atoms with Gasteiger partial charge in [-0.25, -0.2) is 4.79 Å². The lowest BCUT2D eigenvalue weighted by Crippen LogP contribution is -2.28. The molecule has 1 N–H and O–H groups in total. The van der Waals surface area contributed by atoms with Crippen LogP contribution in [0.1, 0.15) is 25.7 Å². The number of rotatable bonds is 5. The molecule has 0 unspecified atom stereocenters. The summed E-state index contributed by atoms with van der Waals surface area (Å²) in [6.07, 6.45) is 5.25. The lowest BCUT2D eigenvalue weighted by molar-refractivity contribution is -0.132. The van der Waals surface area contributed by atoms with E-state index >= 15 is 0 Å². The predicted octanol–water partition coefficient (Wildman–Crippen LogP) is 1.75. The SMILES string of the molecule is C=C(CN(C)CC1CCCC1)C(=O)O. The maximum Gasteiger partial charge on any atom is 0.332 e. The van der Waals surface area contributed by atoms with E-state index in [1.165, 1.54) is 25.7 Å². The van der Waals surface area contributed by atoms with Crippen LogP contribution in [-0.4, -0.2) is 36.1 Å². The Morgan fingerprint density at radius 2 is 2.07 bits per heavy atom. The highest BCUT2D eigenvalue weighted by atomic mass is 16.4. The molecule has 1 aliphatic rings. The number of aliphatic carboxylic acids is 1. The fourth-order valence-corrected chi connectivity index (χ4v) is 2.09. The van der Waals surface area contributed by atoms with Crippen LogP contribution in [0.25, 0.3) is 0 Å². The van der Waals surface area contributed by atoms with Crippen molar-refractivity contribution in [2.45, 2.75) is 25.7 Å². The first-order chi connectivity index (χ1) is 6.59. The summed E-state index contributed by atoms with van der Waals surface area (Å²) in [5.41, 5.74) is 0.283. The Hall–Kier alpha value is -0.830. The third-order valence-corrected chi connectivity index (χ3v) is 2.81. The van der Waals surface area contributed by atoms with E-state index in [0.29, 0.717) is 6.54 Å². The molecule has 0 aromatic rings. The molecule has 0 atom stereocenters. The van der Waals surface area contributed by atoms with Gasteiger partial charge in [0.2, 0.25) is 0 Å². The van der Waals surface area contributed by atoms with Crippen molar-refractivity contribution in [2.75, 3.05) is 20.1 Å². The molecular formula is C11H19NO2. The first-order valence-corrected chi connectivity index (χ1v) is 5.19. The summed E-state index contributed by atoms with van der Waals surface area (Å²) in [5, 5.41) is 8.67. The Morgan fingerprint density at radius 1 is 1.50 bits per heavy atom. The van der Waals surface area contributed by atoms with Crippen molar-refractivity contribution in [3.63, 3.8) is 0 Å². The van der Waals surface area contributed by atoms with Gasteiger partial charge in [-0.3, -0.25) is 0 Å². The van der Waals surface area contributed by atoms with Gasteiger partial charge in [0.25, 0.3) is 0 Å². The van der Waals surface area contributed by atoms with E-state index in [-0.39, 0.29) is 5.57 Å². The van der Waals surface area contributed by atoms with E-state index < -0.39 is 5.97 Å². The van der Waals surface area contributed by atoms with Gasteiger partial charge < -0.3 is 10.0 Å². The van der Waals surface area contributed by atoms with Gasteiger partial charge in [0.1, 0.15) is 0 Å². The molecule has 1 saturated carbocycles. The van der Waals surface area contributed by atoms with Crippen molar-refractivity contribution in [1.29, 1.82) is 0 Å². The Morgan fingerprint density at radius 3 is 2.57 bits per heavy atom. The molecule has 80 valence electrons. The summed E-state index contributed by atoms with van der Waals surface area (Å²) < 4.78 is 0. The second kappa shape index (κ2) is 5.15. The van der Waals surface area contributed by atoms with Crippen LogP contribution in [0.3, 0.4) is 0 Å². The molecule has 0 spiro atoms. The zero-order chi connectivity index (χ0) is 10.6. The smallest absolute Gasteiger partial charge is 0.332 e. The molecule has 1 fully saturated rings. The summed E-state index contributed by atoms with van der Waals surface area (Å²) in [6, 6.07) is 0. The molecule has 0 radical (unpaired) electrons. The number of nitrogens with zero attached hydrogens (tertiary/aromatic N) is 1. The first-order valence-electron chi connectivity index (χ1n) is 5.19. The number of carboxylic acids is 1. The Labute approximate surface area is 85.4 Å². The minimum absolute atomic E-state index is 0.283. The molecule has 0 aromatic heterocycles. The van der Waals surface area contributed by atoms with Gasteiger partial charge in [0, 0.05) is 18.7 Å². The van der Waals surface area contributed by atoms with Crippen molar-refractivity contribution in [3.8, 4) is 0 Å². The van der Waals surface area contributed by atoms with E-state index in [0.717, 1.165) is 12.5 Å². The molecule has 14 heavy (non-hydrogen) atoms. The second-order valence-electron chi connectivity index (χ2n) is 4.26. The third-order valence-electron chi connectivity index (χ3n) is 2.81. The normalized spacial score (nSPS) is 17.6. The number of carbonyl (C=O) groups is 1. The van der Waals surface area contributed by atoms with E-state index in [2.05, 4.69) is 11.5 Å². The van der Waals surface area contributed by atoms with Crippen molar-refractivity contribution in [3.05, 3.63) is 12.2 Å². The topological polar surface area (TPSA) is 40.5 Å². The molecule has 3 nitrogen and oxygen atoms in total. The highest BCUT2D eigenvalue weighted by Gasteiger charge is 2.17. The zero-order valence-electron chi connectivity index (χ0n) is 8.83. The number of hydrogen-bond acceptors (Lipinski definition) is 2. The van der Waals surface area contributed by atoms with Crippen LogP contribution < -0.4 is 0 Å². The van der Waals surface area contributed by atoms with E-state index in [4.69, 9.17) is 5.11 Å². The Kier molecular flexibility index (Phi) is 4.14. The summed E-state index contributed by atoms with van der Waals surface area (Å²) in [6.45, 7) is 5.01. The van der Waals surface area contributed by atoms with E-state index in [9.17, 15) is 4.79 Å². The minimum Gasteiger partial charge on any atom is -0.478 e. The highest BCUT2D eigenvalue weighted by Crippen LogP contribution is 2.25. The van der Waals surface area contributed by atoms with Gasteiger partial charge in [-0.1, -0.05) is 19.4 Å². The van der Waals surface area contributed by atoms with Crippen molar-refractivity contribution < 1.29 is 9.90 Å². The first kappa shape index (κ1) is 11.2. The van der Waals surface area contributed by atoms with Gasteiger partial charge in [0.05, 0.1) is 0 Å². The van der Waals surface area contributed by atoms with Crippen LogP contribution in [0.4, 0.5) is 0 Å². The largest absolute Gasteiger partial charge is 0.478 e. The van der Waals surface area contributed by atoms with Crippen LogP contribution in [0.5, 0.6) is 0 Å². The van der Waals surface area contributed by atoms with Crippen molar-refractivity contribution in [1.82, 2.24) is 4.90 Å². The maximum atomic E-state index is 10.5. The Bertz CT molecular complexity index is 219. The summed E-state index contributed by atoms with van der Waals surface area (Å²) in [5.74, 6) is -0.120. The molecule has 0 bridgehead atoms. The summed E-state index contributed by atoms with van der Waals surface area (Å²) >= 11 is 0. The van der Waals surface area contributed by atoms with Crippen LogP contribution in [0, 0.1) is 5.92 Å². The van der Waals surface area contributed by atoms with E-state index in [1.807, 2.05) is 7.05 Å². The lowest BCUT2D eigenvalue weighted by Gasteiger charge is -2.20. The van der Waals surface area contributed by atoms with Gasteiger partial charge in [-0.05, 0) is 25.8 Å². The van der Waals surface area contributed by atoms with Crippen LogP contribution in [0.15, 0.2) is 12.2 Å². The van der Waals surface area contributed by atoms with Gasteiger partial charge in [-0.2, -0.15) is 0 Å². The molecule has 0 heterocycles. The van der Waals surface area contributed by atoms with Crippen molar-refractivity contribution in [2.24, 2.45) is 5.92 Å². The Balaban J connectivity index is 2.24. The molecular weight excluding hydrogens is 178 g/mol. The fourth-order valence-electron chi connectivity index (χ4n) is 2.09. The van der Waals surface area contributed by atoms with Crippen LogP contribution in [0.2, 0.25) is 0 Å². The zero-order valence-corrected chi connectivity index (χ0v) is 8.83. The highest BCUT2D eigenvalue weighted by molar-refractivity contribution is 5.86. The third kappa shape index (κ3) is 3.50. The fraction of sp³-hybridized carbons (Fsp3) is 0.727. The average molecular weight is 197 g/mol. The second-order valence-corrected chi connectivity index (χ2v) is 4.26. The summed E-state index contributed by atoms with van der Waals surface area (Å²) in [4.78, 5) is 12.6. The molecule has 0 amide bonds. The number of hydrogen-bond donors (Lipinski definition) is 1. The molecule has 3 heteroatoms. The van der Waals surface area contributed by atoms with Gasteiger partial charge >= 0.3 is 5.97 Å². The van der Waals surface area contributed by atoms with E-state index in [1.54, 1.807) is 0 Å². The lowest BCUT2D eigenvalue weighted by atomic mass is 10.1. The number of likely N-dealkylation sites (N-methyl/N-ethyl adjacent to an activating group) is 1. The monoisotopic (exact) mass is 197 g/mol.